The number of H-pyrrole nitrogens is 1. The van der Waals surface area contributed by atoms with Gasteiger partial charge in [-0.15, -0.1) is 10.2 Å². The lowest BCUT2D eigenvalue weighted by atomic mass is 10.0. The number of carbonyl (C=O) groups excluding carboxylic acids is 2. The number of hydrogen-bond acceptors (Lipinski definition) is 5. The minimum Gasteiger partial charge on any atom is -0.352 e. The molecular formula is C19H19N5O2. The fourth-order valence-corrected chi connectivity index (χ4v) is 2.46. The van der Waals surface area contributed by atoms with Crippen molar-refractivity contribution in [2.24, 2.45) is 0 Å². The number of Topliss-reactive ketones (excluding diaryl/α,β-unsaturated/α-hetero) is 1. The molecule has 2 N–H and O–H groups in total. The van der Waals surface area contributed by atoms with Gasteiger partial charge in [0.1, 0.15) is 0 Å². The van der Waals surface area contributed by atoms with Crippen molar-refractivity contribution in [2.45, 2.75) is 26.3 Å². The zero-order valence-electron chi connectivity index (χ0n) is 14.4. The summed E-state index contributed by atoms with van der Waals surface area (Å²) < 4.78 is 0. The fourth-order valence-electron chi connectivity index (χ4n) is 2.46. The standard InChI is InChI=1S/C19H19N5O2/c1-13-2-6-15(7-3-13)17(25)10-11-18(26)20-12-14-4-8-16(9-5-14)19-21-23-24-22-19/h2-9H,10-12H2,1H3,(H,20,26)(H,21,22,23,24). The number of aromatic amines is 1. The lowest BCUT2D eigenvalue weighted by Crippen LogP contribution is -2.23. The van der Waals surface area contributed by atoms with Gasteiger partial charge in [-0.05, 0) is 17.7 Å². The van der Waals surface area contributed by atoms with Crippen LogP contribution in [0.5, 0.6) is 0 Å². The first-order valence-corrected chi connectivity index (χ1v) is 8.31. The number of carbonyl (C=O) groups is 2. The summed E-state index contributed by atoms with van der Waals surface area (Å²) in [5, 5.41) is 16.6. The summed E-state index contributed by atoms with van der Waals surface area (Å²) in [4.78, 5) is 24.0. The summed E-state index contributed by atoms with van der Waals surface area (Å²) in [6.45, 7) is 2.38. The van der Waals surface area contributed by atoms with Crippen molar-refractivity contribution >= 4 is 11.7 Å². The third-order valence-electron chi connectivity index (χ3n) is 4.00. The van der Waals surface area contributed by atoms with Crippen LogP contribution in [-0.2, 0) is 11.3 Å². The Morgan fingerprint density at radius 2 is 1.73 bits per heavy atom. The van der Waals surface area contributed by atoms with Gasteiger partial charge in [-0.2, -0.15) is 5.21 Å². The monoisotopic (exact) mass is 349 g/mol. The number of benzene rings is 2. The predicted octanol–water partition coefficient (Wildman–Crippen LogP) is 2.45. The van der Waals surface area contributed by atoms with E-state index in [-0.39, 0.29) is 24.5 Å². The normalized spacial score (nSPS) is 10.5. The van der Waals surface area contributed by atoms with Gasteiger partial charge in [-0.1, -0.05) is 54.1 Å². The molecule has 3 rings (SSSR count). The summed E-state index contributed by atoms with van der Waals surface area (Å²) in [5.41, 5.74) is 3.54. The number of nitrogens with one attached hydrogen (secondary N) is 2. The predicted molar refractivity (Wildman–Crippen MR) is 96.2 cm³/mol. The molecule has 7 heteroatoms. The van der Waals surface area contributed by atoms with E-state index >= 15 is 0 Å². The Morgan fingerprint density at radius 1 is 1.00 bits per heavy atom. The molecule has 1 aromatic heterocycles. The average molecular weight is 349 g/mol. The molecular weight excluding hydrogens is 330 g/mol. The molecule has 0 aliphatic heterocycles. The lowest BCUT2D eigenvalue weighted by molar-refractivity contribution is -0.121. The fraction of sp³-hybridized carbons (Fsp3) is 0.211. The molecule has 0 spiro atoms. The Kier molecular flexibility index (Phi) is 5.48. The first kappa shape index (κ1) is 17.5. The molecule has 2 aromatic carbocycles. The summed E-state index contributed by atoms with van der Waals surface area (Å²) in [5.74, 6) is 0.354. The molecule has 7 nitrogen and oxygen atoms in total. The highest BCUT2D eigenvalue weighted by molar-refractivity contribution is 5.97. The Hall–Kier alpha value is -3.35. The van der Waals surface area contributed by atoms with Crippen molar-refractivity contribution in [3.05, 3.63) is 65.2 Å². The molecule has 1 amide bonds. The number of aromatic nitrogens is 4. The molecule has 0 saturated heterocycles. The molecule has 132 valence electrons. The Labute approximate surface area is 150 Å². The minimum absolute atomic E-state index is 0.0235. The molecule has 0 aliphatic rings. The largest absolute Gasteiger partial charge is 0.352 e. The average Bonchev–Trinajstić information content (AvgIpc) is 3.20. The van der Waals surface area contributed by atoms with Crippen molar-refractivity contribution in [3.8, 4) is 11.4 Å². The van der Waals surface area contributed by atoms with Gasteiger partial charge in [0.2, 0.25) is 11.7 Å². The van der Waals surface area contributed by atoms with Gasteiger partial charge in [-0.3, -0.25) is 9.59 Å². The maximum atomic E-state index is 12.1. The van der Waals surface area contributed by atoms with Crippen LogP contribution < -0.4 is 5.32 Å². The third kappa shape index (κ3) is 4.60. The minimum atomic E-state index is -0.146. The van der Waals surface area contributed by atoms with Crippen LogP contribution >= 0.6 is 0 Å². The van der Waals surface area contributed by atoms with Crippen LogP contribution in [-0.4, -0.2) is 32.3 Å². The number of ketones is 1. The molecule has 0 unspecified atom stereocenters. The molecule has 0 saturated carbocycles. The number of nitrogens with zero attached hydrogens (tertiary/aromatic N) is 3. The van der Waals surface area contributed by atoms with Gasteiger partial charge in [0.25, 0.3) is 0 Å². The van der Waals surface area contributed by atoms with Crippen LogP contribution in [0, 0.1) is 6.92 Å². The maximum absolute atomic E-state index is 12.1. The second kappa shape index (κ2) is 8.15. The molecule has 0 fully saturated rings. The van der Waals surface area contributed by atoms with E-state index in [0.29, 0.717) is 17.9 Å². The summed E-state index contributed by atoms with van der Waals surface area (Å²) >= 11 is 0. The van der Waals surface area contributed by atoms with E-state index in [1.165, 1.54) is 0 Å². The SMILES string of the molecule is Cc1ccc(C(=O)CCC(=O)NCc2ccc(-c3nn[nH]n3)cc2)cc1. The van der Waals surface area contributed by atoms with Crippen molar-refractivity contribution < 1.29 is 9.59 Å². The zero-order valence-corrected chi connectivity index (χ0v) is 14.4. The number of tetrazole rings is 1. The van der Waals surface area contributed by atoms with Crippen LogP contribution in [0.3, 0.4) is 0 Å². The Balaban J connectivity index is 1.45. The molecule has 0 aliphatic carbocycles. The number of rotatable bonds is 7. The van der Waals surface area contributed by atoms with Crippen LogP contribution in [0.25, 0.3) is 11.4 Å². The van der Waals surface area contributed by atoms with Crippen molar-refractivity contribution in [3.63, 3.8) is 0 Å². The third-order valence-corrected chi connectivity index (χ3v) is 4.00. The van der Waals surface area contributed by atoms with Gasteiger partial charge in [-0.25, -0.2) is 0 Å². The molecule has 3 aromatic rings. The second-order valence-electron chi connectivity index (χ2n) is 6.00. The number of amides is 1. The number of hydrogen-bond donors (Lipinski definition) is 2. The first-order chi connectivity index (χ1) is 12.6. The van der Waals surface area contributed by atoms with E-state index in [1.807, 2.05) is 43.3 Å². The van der Waals surface area contributed by atoms with Crippen LogP contribution in [0.4, 0.5) is 0 Å². The highest BCUT2D eigenvalue weighted by Gasteiger charge is 2.09. The quantitative estimate of drug-likeness (QED) is 0.638. The summed E-state index contributed by atoms with van der Waals surface area (Å²) in [7, 11) is 0. The van der Waals surface area contributed by atoms with Gasteiger partial charge in [0, 0.05) is 30.5 Å². The van der Waals surface area contributed by atoms with E-state index in [9.17, 15) is 9.59 Å². The molecule has 0 radical (unpaired) electrons. The summed E-state index contributed by atoms with van der Waals surface area (Å²) in [6.07, 6.45) is 0.374. The Morgan fingerprint density at radius 3 is 2.38 bits per heavy atom. The molecule has 0 atom stereocenters. The summed E-state index contributed by atoms with van der Waals surface area (Å²) in [6, 6.07) is 14.9. The van der Waals surface area contributed by atoms with Crippen molar-refractivity contribution in [1.29, 1.82) is 0 Å². The van der Waals surface area contributed by atoms with Crippen LogP contribution in [0.1, 0.15) is 34.3 Å². The van der Waals surface area contributed by atoms with Crippen molar-refractivity contribution in [2.75, 3.05) is 0 Å². The second-order valence-corrected chi connectivity index (χ2v) is 6.00. The van der Waals surface area contributed by atoms with Gasteiger partial charge >= 0.3 is 0 Å². The topological polar surface area (TPSA) is 101 Å². The maximum Gasteiger partial charge on any atom is 0.220 e. The number of aryl methyl sites for hydroxylation is 1. The Bertz CT molecular complexity index is 871. The van der Waals surface area contributed by atoms with Gasteiger partial charge in [0.15, 0.2) is 5.78 Å². The van der Waals surface area contributed by atoms with E-state index in [2.05, 4.69) is 25.9 Å². The van der Waals surface area contributed by atoms with Crippen molar-refractivity contribution in [1.82, 2.24) is 25.9 Å². The first-order valence-electron chi connectivity index (χ1n) is 8.31. The molecule has 0 bridgehead atoms. The lowest BCUT2D eigenvalue weighted by Gasteiger charge is -2.06. The molecule has 26 heavy (non-hydrogen) atoms. The zero-order chi connectivity index (χ0) is 18.4. The molecule has 1 heterocycles. The van der Waals surface area contributed by atoms with Crippen LogP contribution in [0.2, 0.25) is 0 Å². The smallest absolute Gasteiger partial charge is 0.220 e. The van der Waals surface area contributed by atoms with E-state index < -0.39 is 0 Å². The van der Waals surface area contributed by atoms with E-state index in [4.69, 9.17) is 0 Å². The van der Waals surface area contributed by atoms with Gasteiger partial charge < -0.3 is 5.32 Å². The highest BCUT2D eigenvalue weighted by Crippen LogP contribution is 2.14. The van der Waals surface area contributed by atoms with E-state index in [1.54, 1.807) is 12.1 Å². The van der Waals surface area contributed by atoms with Crippen LogP contribution in [0.15, 0.2) is 48.5 Å². The highest BCUT2D eigenvalue weighted by atomic mass is 16.2. The van der Waals surface area contributed by atoms with E-state index in [0.717, 1.165) is 16.7 Å². The van der Waals surface area contributed by atoms with Gasteiger partial charge in [0.05, 0.1) is 0 Å².